The molecule has 0 radical (unpaired) electrons. The second-order valence-electron chi connectivity index (χ2n) is 5.65. The molecule has 28 heavy (non-hydrogen) atoms. The Balaban J connectivity index is 1.87. The molecule has 2 aromatic carbocycles. The zero-order valence-corrected chi connectivity index (χ0v) is 17.8. The van der Waals surface area contributed by atoms with Gasteiger partial charge in [-0.15, -0.1) is 0 Å². The van der Waals surface area contributed by atoms with Crippen molar-refractivity contribution in [1.82, 2.24) is 0 Å². The molecule has 0 spiro atoms. The summed E-state index contributed by atoms with van der Waals surface area (Å²) in [6.45, 7) is 2.46. The molecule has 5 nitrogen and oxygen atoms in total. The minimum absolute atomic E-state index is 0.189. The maximum atomic E-state index is 11.8. The first-order valence-corrected chi connectivity index (χ1v) is 10.1. The number of halogens is 3. The molecule has 9 heteroatoms. The predicted molar refractivity (Wildman–Crippen MR) is 116 cm³/mol. The highest BCUT2D eigenvalue weighted by Gasteiger charge is 2.20. The van der Waals surface area contributed by atoms with Gasteiger partial charge in [-0.05, 0) is 54.6 Å². The molecular formula is C19H15Cl3N2O3S. The monoisotopic (exact) mass is 456 g/mol. The number of carbonyl (C=O) groups excluding carboxylic acids is 1. The van der Waals surface area contributed by atoms with Gasteiger partial charge in [0.1, 0.15) is 6.61 Å². The van der Waals surface area contributed by atoms with Crippen LogP contribution in [0, 0.1) is 0 Å². The van der Waals surface area contributed by atoms with E-state index >= 15 is 0 Å². The predicted octanol–water partition coefficient (Wildman–Crippen LogP) is 5.55. The van der Waals surface area contributed by atoms with E-state index in [1.165, 1.54) is 0 Å². The van der Waals surface area contributed by atoms with E-state index in [2.05, 4.69) is 4.99 Å². The lowest BCUT2D eigenvalue weighted by Crippen LogP contribution is -2.01. The molecule has 0 atom stereocenters. The van der Waals surface area contributed by atoms with E-state index in [9.17, 15) is 4.79 Å². The Hall–Kier alpha value is -1.86. The Morgan fingerprint density at radius 2 is 1.93 bits per heavy atom. The Labute approximate surface area is 181 Å². The van der Waals surface area contributed by atoms with Crippen molar-refractivity contribution in [2.45, 2.75) is 13.5 Å². The van der Waals surface area contributed by atoms with E-state index in [4.69, 9.17) is 50.0 Å². The highest BCUT2D eigenvalue weighted by Crippen LogP contribution is 2.39. The fourth-order valence-electron chi connectivity index (χ4n) is 2.44. The highest BCUT2D eigenvalue weighted by atomic mass is 35.5. The van der Waals surface area contributed by atoms with E-state index in [0.717, 1.165) is 17.3 Å². The average Bonchev–Trinajstić information content (AvgIpc) is 2.93. The smallest absolute Gasteiger partial charge is 0.286 e. The molecule has 2 N–H and O–H groups in total. The highest BCUT2D eigenvalue weighted by molar-refractivity contribution is 8.18. The number of thioether (sulfide) groups is 1. The Kier molecular flexibility index (Phi) is 6.78. The molecule has 0 saturated heterocycles. The first-order valence-electron chi connectivity index (χ1n) is 8.18. The third-order valence-corrected chi connectivity index (χ3v) is 5.33. The van der Waals surface area contributed by atoms with Crippen LogP contribution >= 0.6 is 46.6 Å². The lowest BCUT2D eigenvalue weighted by atomic mass is 10.1. The zero-order valence-electron chi connectivity index (χ0n) is 14.7. The van der Waals surface area contributed by atoms with Gasteiger partial charge in [0, 0.05) is 15.6 Å². The minimum atomic E-state index is -0.380. The molecule has 0 aliphatic carbocycles. The summed E-state index contributed by atoms with van der Waals surface area (Å²) < 4.78 is 11.5. The first kappa shape index (κ1) is 20.9. The molecule has 1 aliphatic rings. The van der Waals surface area contributed by atoms with Crippen LogP contribution in [0.1, 0.15) is 18.1 Å². The van der Waals surface area contributed by atoms with Gasteiger partial charge in [-0.25, -0.2) is 0 Å². The first-order chi connectivity index (χ1) is 13.4. The molecule has 1 aliphatic heterocycles. The molecule has 0 fully saturated rings. The van der Waals surface area contributed by atoms with E-state index < -0.39 is 0 Å². The van der Waals surface area contributed by atoms with Crippen molar-refractivity contribution in [1.29, 1.82) is 0 Å². The van der Waals surface area contributed by atoms with Crippen LogP contribution in [0.5, 0.6) is 11.5 Å². The normalized spacial score (nSPS) is 15.1. The summed E-state index contributed by atoms with van der Waals surface area (Å²) in [5, 5.41) is 1.60. The van der Waals surface area contributed by atoms with Gasteiger partial charge >= 0.3 is 0 Å². The number of aliphatic imine (C=N–C) groups is 1. The number of amidine groups is 1. The summed E-state index contributed by atoms with van der Waals surface area (Å²) in [5.74, 6) is 0.461. The lowest BCUT2D eigenvalue weighted by Gasteiger charge is -2.15. The second-order valence-corrected chi connectivity index (χ2v) is 7.97. The number of hydrogen-bond acceptors (Lipinski definition) is 5. The third kappa shape index (κ3) is 4.94. The quantitative estimate of drug-likeness (QED) is 0.575. The molecule has 0 saturated carbocycles. The number of nitrogens with zero attached hydrogens (tertiary/aromatic N) is 1. The van der Waals surface area contributed by atoms with Crippen LogP contribution in [0.3, 0.4) is 0 Å². The van der Waals surface area contributed by atoms with Crippen LogP contribution in [0.15, 0.2) is 40.2 Å². The Morgan fingerprint density at radius 1 is 1.14 bits per heavy atom. The third-order valence-electron chi connectivity index (χ3n) is 3.65. The summed E-state index contributed by atoms with van der Waals surface area (Å²) >= 11 is 19.6. The number of nitrogens with two attached hydrogens (primary N) is 1. The average molecular weight is 458 g/mol. The molecule has 0 aromatic heterocycles. The van der Waals surface area contributed by atoms with Crippen LogP contribution in [-0.4, -0.2) is 17.7 Å². The van der Waals surface area contributed by atoms with Crippen molar-refractivity contribution >= 4 is 63.7 Å². The van der Waals surface area contributed by atoms with Crippen molar-refractivity contribution in [2.24, 2.45) is 10.7 Å². The van der Waals surface area contributed by atoms with Crippen LogP contribution < -0.4 is 15.2 Å². The van der Waals surface area contributed by atoms with Gasteiger partial charge in [-0.1, -0.05) is 40.9 Å². The maximum absolute atomic E-state index is 11.8. The largest absolute Gasteiger partial charge is 0.490 e. The summed E-state index contributed by atoms with van der Waals surface area (Å²) in [7, 11) is 0. The van der Waals surface area contributed by atoms with Crippen molar-refractivity contribution in [3.63, 3.8) is 0 Å². The number of rotatable bonds is 6. The van der Waals surface area contributed by atoms with Gasteiger partial charge in [0.15, 0.2) is 16.7 Å². The van der Waals surface area contributed by atoms with Crippen molar-refractivity contribution < 1.29 is 14.3 Å². The summed E-state index contributed by atoms with van der Waals surface area (Å²) in [4.78, 5) is 15.9. The van der Waals surface area contributed by atoms with Crippen molar-refractivity contribution in [3.8, 4) is 11.5 Å². The fraction of sp³-hybridized carbons (Fsp3) is 0.158. The molecule has 1 heterocycles. The summed E-state index contributed by atoms with van der Waals surface area (Å²) in [6, 6.07) is 8.58. The standard InChI is InChI=1S/C19H15Cl3N2O3S/c1-2-26-15-6-10(7-16-18(25)24-19(23)28-16)5-14(22)17(15)27-9-11-3-4-12(20)8-13(11)21/h3-8H,2,9H2,1H3,(H2,23,24,25)/b16-7+. The molecule has 2 aromatic rings. The molecule has 0 bridgehead atoms. The maximum Gasteiger partial charge on any atom is 0.286 e. The van der Waals surface area contributed by atoms with E-state index in [0.29, 0.717) is 43.6 Å². The molecule has 1 amide bonds. The van der Waals surface area contributed by atoms with Gasteiger partial charge < -0.3 is 15.2 Å². The number of hydrogen-bond donors (Lipinski definition) is 1. The van der Waals surface area contributed by atoms with Gasteiger partial charge in [-0.2, -0.15) is 4.99 Å². The number of ether oxygens (including phenoxy) is 2. The van der Waals surface area contributed by atoms with Crippen molar-refractivity contribution in [2.75, 3.05) is 6.61 Å². The molecule has 146 valence electrons. The van der Waals surface area contributed by atoms with E-state index in [1.54, 1.807) is 36.4 Å². The topological polar surface area (TPSA) is 73.9 Å². The zero-order chi connectivity index (χ0) is 20.3. The van der Waals surface area contributed by atoms with Gasteiger partial charge in [0.2, 0.25) is 0 Å². The molecular weight excluding hydrogens is 443 g/mol. The summed E-state index contributed by atoms with van der Waals surface area (Å²) in [6.07, 6.45) is 1.66. The van der Waals surface area contributed by atoms with Gasteiger partial charge in [0.25, 0.3) is 5.91 Å². The van der Waals surface area contributed by atoms with Crippen LogP contribution in [0.25, 0.3) is 6.08 Å². The minimum Gasteiger partial charge on any atom is -0.490 e. The fourth-order valence-corrected chi connectivity index (χ4v) is 3.86. The van der Waals surface area contributed by atoms with Gasteiger partial charge in [0.05, 0.1) is 16.5 Å². The molecule has 0 unspecified atom stereocenters. The lowest BCUT2D eigenvalue weighted by molar-refractivity contribution is -0.113. The Bertz CT molecular complexity index is 993. The van der Waals surface area contributed by atoms with Crippen LogP contribution in [0.4, 0.5) is 0 Å². The van der Waals surface area contributed by atoms with E-state index in [1.807, 2.05) is 6.92 Å². The van der Waals surface area contributed by atoms with E-state index in [-0.39, 0.29) is 17.7 Å². The number of carbonyl (C=O) groups is 1. The van der Waals surface area contributed by atoms with Crippen LogP contribution in [-0.2, 0) is 11.4 Å². The SMILES string of the molecule is CCOc1cc(/C=C2/SC(N)=NC2=O)cc(Cl)c1OCc1ccc(Cl)cc1Cl. The van der Waals surface area contributed by atoms with Gasteiger partial charge in [-0.3, -0.25) is 4.79 Å². The summed E-state index contributed by atoms with van der Waals surface area (Å²) in [5.41, 5.74) is 7.01. The Morgan fingerprint density at radius 3 is 2.57 bits per heavy atom. The molecule has 3 rings (SSSR count). The van der Waals surface area contributed by atoms with Crippen LogP contribution in [0.2, 0.25) is 15.1 Å². The second kappa shape index (κ2) is 9.09. The number of benzene rings is 2. The van der Waals surface area contributed by atoms with Crippen molar-refractivity contribution in [3.05, 3.63) is 61.4 Å². The number of amides is 1.